The van der Waals surface area contributed by atoms with E-state index in [0.29, 0.717) is 28.2 Å². The van der Waals surface area contributed by atoms with Crippen molar-refractivity contribution in [2.75, 3.05) is 0 Å². The number of nitro groups is 2. The van der Waals surface area contributed by atoms with Gasteiger partial charge < -0.3 is 20.1 Å². The summed E-state index contributed by atoms with van der Waals surface area (Å²) < 4.78 is 7.22. The van der Waals surface area contributed by atoms with Gasteiger partial charge in [0.2, 0.25) is 0 Å². The molecule has 1 aliphatic rings. The van der Waals surface area contributed by atoms with Crippen molar-refractivity contribution in [1.82, 2.24) is 0 Å². The highest BCUT2D eigenvalue weighted by atomic mass is 16.6. The monoisotopic (exact) mass is 958 g/mol. The largest absolute Gasteiger partial charge is 0.507 e. The molecule has 368 valence electrons. The number of ether oxygens (including phenoxy) is 1. The smallest absolute Gasteiger partial charge is 0.335 e. The van der Waals surface area contributed by atoms with Gasteiger partial charge in [-0.1, -0.05) is 127 Å². The second-order valence-electron chi connectivity index (χ2n) is 23.0. The van der Waals surface area contributed by atoms with Gasteiger partial charge in [0.05, 0.1) is 26.8 Å². The van der Waals surface area contributed by atoms with E-state index in [2.05, 4.69) is 79.7 Å². The summed E-state index contributed by atoms with van der Waals surface area (Å²) >= 11 is 0. The molecule has 6 aromatic rings. The van der Waals surface area contributed by atoms with Crippen LogP contribution in [0.15, 0.2) is 101 Å². The van der Waals surface area contributed by atoms with Gasteiger partial charge in [0.25, 0.3) is 11.4 Å². The van der Waals surface area contributed by atoms with Gasteiger partial charge in [-0.3, -0.25) is 30.2 Å². The predicted molar refractivity (Wildman–Crippen MR) is 282 cm³/mol. The highest BCUT2D eigenvalue weighted by Crippen LogP contribution is 2.56. The highest BCUT2D eigenvalue weighted by molar-refractivity contribution is 5.93. The van der Waals surface area contributed by atoms with E-state index in [1.807, 2.05) is 47.6 Å². The standard InChI is InChI=1S/C58H62N4O9/c1-54(2,3)37-24-41(32-15-17-33(18-16-32)53(65)66)51-45(26-37)58(13,14)46-27-38(55(4,5)6)25-42(52(46)71-51)34-19-20-47(59-30-35-21-39(61(67)68)28-43(49(35)63)56(7,8)9)48(23-34)60-31-36-22-40(62(69)70)29-44(50(36)64)57(10,11)12/h15-31,63-64H,1-14H3,(H,65,66). The van der Waals surface area contributed by atoms with Crippen molar-refractivity contribution >= 4 is 41.1 Å². The van der Waals surface area contributed by atoms with Crippen LogP contribution in [0.5, 0.6) is 23.0 Å². The Morgan fingerprint density at radius 1 is 0.563 bits per heavy atom. The lowest BCUT2D eigenvalue weighted by atomic mass is 9.70. The van der Waals surface area contributed by atoms with Gasteiger partial charge in [-0.2, -0.15) is 0 Å². The maximum absolute atomic E-state index is 12.2. The van der Waals surface area contributed by atoms with Crippen LogP contribution in [0.1, 0.15) is 152 Å². The molecular weight excluding hydrogens is 897 g/mol. The van der Waals surface area contributed by atoms with E-state index >= 15 is 0 Å². The molecular formula is C58H62N4O9. The van der Waals surface area contributed by atoms with Crippen molar-refractivity contribution in [3.63, 3.8) is 0 Å². The van der Waals surface area contributed by atoms with Crippen LogP contribution in [0.2, 0.25) is 0 Å². The zero-order valence-corrected chi connectivity index (χ0v) is 42.9. The number of phenols is 2. The molecule has 3 N–H and O–H groups in total. The van der Waals surface area contributed by atoms with Crippen molar-refractivity contribution < 1.29 is 34.7 Å². The zero-order chi connectivity index (χ0) is 52.5. The van der Waals surface area contributed by atoms with Crippen LogP contribution in [0.3, 0.4) is 0 Å². The lowest BCUT2D eigenvalue weighted by molar-refractivity contribution is -0.385. The maximum atomic E-state index is 12.2. The number of non-ortho nitro benzene ring substituents is 2. The van der Waals surface area contributed by atoms with Crippen LogP contribution < -0.4 is 4.74 Å². The first-order valence-corrected chi connectivity index (χ1v) is 23.4. The summed E-state index contributed by atoms with van der Waals surface area (Å²) in [4.78, 5) is 44.7. The molecule has 0 bridgehead atoms. The summed E-state index contributed by atoms with van der Waals surface area (Å²) in [6.45, 7) is 28.3. The van der Waals surface area contributed by atoms with E-state index in [4.69, 9.17) is 14.7 Å². The molecule has 6 aromatic carbocycles. The summed E-state index contributed by atoms with van der Waals surface area (Å²) in [6, 6.07) is 26.0. The van der Waals surface area contributed by atoms with Crippen molar-refractivity contribution in [2.45, 2.75) is 124 Å². The molecule has 13 heteroatoms. The first kappa shape index (κ1) is 51.2. The molecule has 0 aromatic heterocycles. The third-order valence-electron chi connectivity index (χ3n) is 13.2. The van der Waals surface area contributed by atoms with Crippen molar-refractivity contribution in [3.8, 4) is 45.3 Å². The topological polar surface area (TPSA) is 198 Å². The highest BCUT2D eigenvalue weighted by Gasteiger charge is 2.40. The summed E-state index contributed by atoms with van der Waals surface area (Å²) in [5.74, 6) is -0.141. The lowest BCUT2D eigenvalue weighted by Gasteiger charge is -2.39. The number of aliphatic imine (C=N–C) groups is 2. The van der Waals surface area contributed by atoms with Crippen LogP contribution >= 0.6 is 0 Å². The number of carboxylic acid groups (broad SMARTS) is 1. The Bertz CT molecular complexity index is 3230. The van der Waals surface area contributed by atoms with E-state index in [-0.39, 0.29) is 61.8 Å². The van der Waals surface area contributed by atoms with Crippen LogP contribution in [-0.4, -0.2) is 43.6 Å². The number of carboxylic acids is 1. The summed E-state index contributed by atoms with van der Waals surface area (Å²) in [6.07, 6.45) is 2.69. The van der Waals surface area contributed by atoms with Crippen LogP contribution in [0.25, 0.3) is 22.3 Å². The molecule has 0 saturated carbocycles. The number of nitro benzene ring substituents is 2. The fraction of sp³-hybridized carbons (Fsp3) is 0.328. The Hall–Kier alpha value is -7.67. The van der Waals surface area contributed by atoms with E-state index in [9.17, 15) is 40.3 Å². The van der Waals surface area contributed by atoms with E-state index in [1.165, 1.54) is 36.7 Å². The van der Waals surface area contributed by atoms with Gasteiger partial charge in [0, 0.05) is 86.6 Å². The number of benzene rings is 6. The number of hydrogen-bond donors (Lipinski definition) is 3. The molecule has 13 nitrogen and oxygen atoms in total. The second kappa shape index (κ2) is 17.9. The van der Waals surface area contributed by atoms with Gasteiger partial charge in [0.1, 0.15) is 23.0 Å². The lowest BCUT2D eigenvalue weighted by Crippen LogP contribution is -2.27. The molecule has 1 aliphatic heterocycles. The quantitative estimate of drug-likeness (QED) is 0.0717. The number of phenolic OH excluding ortho intramolecular Hbond substituents is 2. The minimum absolute atomic E-state index is 0.1000. The maximum Gasteiger partial charge on any atom is 0.335 e. The molecule has 0 radical (unpaired) electrons. The van der Waals surface area contributed by atoms with Crippen molar-refractivity contribution in [1.29, 1.82) is 0 Å². The minimum Gasteiger partial charge on any atom is -0.507 e. The van der Waals surface area contributed by atoms with Gasteiger partial charge in [-0.25, -0.2) is 4.79 Å². The van der Waals surface area contributed by atoms with Crippen LogP contribution in [0, 0.1) is 20.2 Å². The first-order valence-electron chi connectivity index (χ1n) is 23.4. The second-order valence-corrected chi connectivity index (χ2v) is 23.0. The summed E-state index contributed by atoms with van der Waals surface area (Å²) in [5, 5.41) is 57.0. The Morgan fingerprint density at radius 3 is 1.37 bits per heavy atom. The first-order chi connectivity index (χ1) is 32.8. The number of fused-ring (bicyclic) bond motifs is 2. The molecule has 7 rings (SSSR count). The third-order valence-corrected chi connectivity index (χ3v) is 13.2. The van der Waals surface area contributed by atoms with E-state index in [0.717, 1.165) is 38.9 Å². The van der Waals surface area contributed by atoms with E-state index < -0.39 is 32.1 Å². The third kappa shape index (κ3) is 10.2. The average molecular weight is 959 g/mol. The molecule has 0 aliphatic carbocycles. The number of carbonyl (C=O) groups is 1. The van der Waals surface area contributed by atoms with Gasteiger partial charge in [-0.15, -0.1) is 0 Å². The molecule has 0 amide bonds. The molecule has 0 fully saturated rings. The number of nitrogens with zero attached hydrogens (tertiary/aromatic N) is 4. The number of hydrogen-bond acceptors (Lipinski definition) is 10. The molecule has 71 heavy (non-hydrogen) atoms. The Morgan fingerprint density at radius 2 is 0.972 bits per heavy atom. The molecule has 0 unspecified atom stereocenters. The van der Waals surface area contributed by atoms with E-state index in [1.54, 1.807) is 36.4 Å². The summed E-state index contributed by atoms with van der Waals surface area (Å²) in [5.41, 5.74) is 5.65. The fourth-order valence-corrected chi connectivity index (χ4v) is 8.76. The number of aromatic hydroxyl groups is 2. The van der Waals surface area contributed by atoms with Crippen LogP contribution in [-0.2, 0) is 27.1 Å². The SMILES string of the molecule is CC(C)(C)c1cc(-c2ccc(C(=O)O)cc2)c2c(c1)C(C)(C)c1cc(C(C)(C)C)cc(-c3ccc(N=Cc4cc([N+](=O)[O-])cc(C(C)(C)C)c4O)c(N=Cc4cc([N+](=O)[O-])cc(C(C)(C)C)c4O)c3)c1O2. The Kier molecular flexibility index (Phi) is 12.9. The van der Waals surface area contributed by atoms with Crippen molar-refractivity contribution in [3.05, 3.63) is 161 Å². The molecule has 0 atom stereocenters. The molecule has 0 spiro atoms. The average Bonchev–Trinajstić information content (AvgIpc) is 3.26. The van der Waals surface area contributed by atoms with Crippen LogP contribution in [0.4, 0.5) is 22.7 Å². The predicted octanol–water partition coefficient (Wildman–Crippen LogP) is 15.1. The number of rotatable bonds is 9. The number of aromatic carboxylic acids is 1. The normalized spacial score (nSPS) is 13.8. The molecule has 0 saturated heterocycles. The zero-order valence-electron chi connectivity index (χ0n) is 42.9. The van der Waals surface area contributed by atoms with Crippen molar-refractivity contribution in [2.24, 2.45) is 9.98 Å². The Balaban J connectivity index is 1.50. The van der Waals surface area contributed by atoms with Gasteiger partial charge in [-0.05, 0) is 80.3 Å². The summed E-state index contributed by atoms with van der Waals surface area (Å²) in [7, 11) is 0. The molecule has 1 heterocycles. The fourth-order valence-electron chi connectivity index (χ4n) is 8.76. The minimum atomic E-state index is -1.03. The Labute approximate surface area is 414 Å². The van der Waals surface area contributed by atoms with Gasteiger partial charge >= 0.3 is 5.97 Å². The van der Waals surface area contributed by atoms with Gasteiger partial charge in [0.15, 0.2) is 0 Å².